The Bertz CT molecular complexity index is 807. The zero-order valence-electron chi connectivity index (χ0n) is 10.8. The van der Waals surface area contributed by atoms with Gasteiger partial charge in [0, 0.05) is 0 Å². The van der Waals surface area contributed by atoms with Gasteiger partial charge in [-0.2, -0.15) is 0 Å². The molecule has 0 spiro atoms. The molecule has 0 aromatic heterocycles. The molecule has 3 aromatic rings. The van der Waals surface area contributed by atoms with E-state index in [9.17, 15) is 10.2 Å². The van der Waals surface area contributed by atoms with Crippen LogP contribution in [0.5, 0.6) is 0 Å². The topological polar surface area (TPSA) is 40.5 Å². The number of aliphatic hydroxyl groups excluding tert-OH is 2. The molecule has 0 aliphatic heterocycles. The van der Waals surface area contributed by atoms with Crippen LogP contribution in [0.25, 0.3) is 21.9 Å². The molecule has 0 bridgehead atoms. The lowest BCUT2D eigenvalue weighted by Gasteiger charge is -2.30. The Kier molecular flexibility index (Phi) is 2.43. The van der Waals surface area contributed by atoms with Crippen molar-refractivity contribution in [3.8, 4) is 11.1 Å². The Morgan fingerprint density at radius 2 is 1.40 bits per heavy atom. The molecule has 0 heterocycles. The van der Waals surface area contributed by atoms with Gasteiger partial charge in [-0.15, -0.1) is 0 Å². The molecule has 98 valence electrons. The minimum Gasteiger partial charge on any atom is -0.385 e. The highest BCUT2D eigenvalue weighted by Gasteiger charge is 2.31. The van der Waals surface area contributed by atoms with E-state index in [1.807, 2.05) is 54.6 Å². The van der Waals surface area contributed by atoms with Crippen LogP contribution in [0.1, 0.15) is 23.3 Å². The maximum absolute atomic E-state index is 10.5. The number of rotatable bonds is 0. The quantitative estimate of drug-likeness (QED) is 0.650. The lowest BCUT2D eigenvalue weighted by molar-refractivity contribution is 0.0167. The van der Waals surface area contributed by atoms with Gasteiger partial charge >= 0.3 is 0 Å². The average molecular weight is 262 g/mol. The summed E-state index contributed by atoms with van der Waals surface area (Å²) >= 11 is 0. The minimum absolute atomic E-state index is 0.794. The van der Waals surface area contributed by atoms with Gasteiger partial charge in [-0.1, -0.05) is 60.7 Å². The average Bonchev–Trinajstić information content (AvgIpc) is 2.51. The highest BCUT2D eigenvalue weighted by molar-refractivity contribution is 5.93. The maximum Gasteiger partial charge on any atom is 0.110 e. The second-order valence-corrected chi connectivity index (χ2v) is 5.22. The molecule has 3 aromatic carbocycles. The third kappa shape index (κ3) is 1.46. The Labute approximate surface area is 116 Å². The predicted molar refractivity (Wildman–Crippen MR) is 79.3 cm³/mol. The van der Waals surface area contributed by atoms with Crippen molar-refractivity contribution in [3.05, 3.63) is 71.8 Å². The molecule has 2 N–H and O–H groups in total. The zero-order chi connectivity index (χ0) is 13.7. The van der Waals surface area contributed by atoms with E-state index in [4.69, 9.17) is 0 Å². The van der Waals surface area contributed by atoms with Crippen molar-refractivity contribution in [2.75, 3.05) is 0 Å². The van der Waals surface area contributed by atoms with Gasteiger partial charge in [-0.05, 0) is 33.0 Å². The first kappa shape index (κ1) is 11.6. The number of hydrogen-bond acceptors (Lipinski definition) is 2. The standard InChI is InChI=1S/C18H14O2/c19-17-15-8-4-3-7-13(15)14-10-9-11-5-1-2-6-12(11)16(14)18(17)20/h1-10,17-20H/t17-,18+/m0/s1. The van der Waals surface area contributed by atoms with Gasteiger partial charge in [0.15, 0.2) is 0 Å². The normalized spacial score (nSPS) is 20.5. The van der Waals surface area contributed by atoms with Crippen LogP contribution >= 0.6 is 0 Å². The smallest absolute Gasteiger partial charge is 0.110 e. The van der Waals surface area contributed by atoms with Gasteiger partial charge in [-0.25, -0.2) is 0 Å². The molecule has 0 saturated heterocycles. The van der Waals surface area contributed by atoms with Crippen LogP contribution < -0.4 is 0 Å². The van der Waals surface area contributed by atoms with Crippen LogP contribution in [0.15, 0.2) is 60.7 Å². The second kappa shape index (κ2) is 4.17. The summed E-state index contributed by atoms with van der Waals surface area (Å²) in [4.78, 5) is 0. The molecule has 2 heteroatoms. The number of fused-ring (bicyclic) bond motifs is 5. The van der Waals surface area contributed by atoms with E-state index in [2.05, 4.69) is 6.07 Å². The molecule has 0 fully saturated rings. The van der Waals surface area contributed by atoms with Crippen LogP contribution in [0.4, 0.5) is 0 Å². The summed E-state index contributed by atoms with van der Waals surface area (Å²) in [7, 11) is 0. The lowest BCUT2D eigenvalue weighted by Crippen LogP contribution is -2.17. The molecule has 0 amide bonds. The van der Waals surface area contributed by atoms with Crippen molar-refractivity contribution in [3.63, 3.8) is 0 Å². The fraction of sp³-hybridized carbons (Fsp3) is 0.111. The summed E-state index contributed by atoms with van der Waals surface area (Å²) in [6.45, 7) is 0. The second-order valence-electron chi connectivity index (χ2n) is 5.22. The highest BCUT2D eigenvalue weighted by atomic mass is 16.3. The van der Waals surface area contributed by atoms with Crippen molar-refractivity contribution in [2.45, 2.75) is 12.2 Å². The fourth-order valence-corrected chi connectivity index (χ4v) is 3.18. The fourth-order valence-electron chi connectivity index (χ4n) is 3.18. The number of hydrogen-bond donors (Lipinski definition) is 2. The zero-order valence-corrected chi connectivity index (χ0v) is 10.8. The van der Waals surface area contributed by atoms with Crippen molar-refractivity contribution < 1.29 is 10.2 Å². The summed E-state index contributed by atoms with van der Waals surface area (Å²) in [5.41, 5.74) is 3.64. The first-order valence-corrected chi connectivity index (χ1v) is 6.74. The van der Waals surface area contributed by atoms with Crippen LogP contribution in [0, 0.1) is 0 Å². The van der Waals surface area contributed by atoms with Crippen molar-refractivity contribution in [2.24, 2.45) is 0 Å². The Morgan fingerprint density at radius 1 is 0.650 bits per heavy atom. The predicted octanol–water partition coefficient (Wildman–Crippen LogP) is 3.59. The van der Waals surface area contributed by atoms with Crippen molar-refractivity contribution in [1.82, 2.24) is 0 Å². The van der Waals surface area contributed by atoms with Crippen molar-refractivity contribution in [1.29, 1.82) is 0 Å². The SMILES string of the molecule is O[C@@H]1c2c(ccc3ccccc23)-c2ccccc2[C@@H]1O. The Hall–Kier alpha value is -2.16. The summed E-state index contributed by atoms with van der Waals surface area (Å²) in [6, 6.07) is 19.8. The van der Waals surface area contributed by atoms with E-state index in [-0.39, 0.29) is 0 Å². The van der Waals surface area contributed by atoms with E-state index in [1.165, 1.54) is 0 Å². The molecule has 2 nitrogen and oxygen atoms in total. The van der Waals surface area contributed by atoms with E-state index < -0.39 is 12.2 Å². The van der Waals surface area contributed by atoms with Gasteiger partial charge < -0.3 is 10.2 Å². The van der Waals surface area contributed by atoms with Gasteiger partial charge in [0.2, 0.25) is 0 Å². The minimum atomic E-state index is -0.883. The molecule has 0 unspecified atom stereocenters. The number of aliphatic hydroxyl groups is 2. The van der Waals surface area contributed by atoms with Crippen LogP contribution in [0.3, 0.4) is 0 Å². The monoisotopic (exact) mass is 262 g/mol. The van der Waals surface area contributed by atoms with Gasteiger partial charge in [0.05, 0.1) is 0 Å². The van der Waals surface area contributed by atoms with Crippen LogP contribution in [-0.2, 0) is 0 Å². The first-order chi connectivity index (χ1) is 9.77. The molecule has 20 heavy (non-hydrogen) atoms. The summed E-state index contributed by atoms with van der Waals surface area (Å²) in [5.74, 6) is 0. The van der Waals surface area contributed by atoms with E-state index in [0.717, 1.165) is 33.0 Å². The van der Waals surface area contributed by atoms with Gasteiger partial charge in [0.1, 0.15) is 12.2 Å². The molecule has 4 rings (SSSR count). The van der Waals surface area contributed by atoms with Gasteiger partial charge in [0.25, 0.3) is 0 Å². The lowest BCUT2D eigenvalue weighted by atomic mass is 9.80. The molecule has 1 aliphatic rings. The Balaban J connectivity index is 2.14. The highest BCUT2D eigenvalue weighted by Crippen LogP contribution is 2.46. The third-order valence-corrected chi connectivity index (χ3v) is 4.14. The van der Waals surface area contributed by atoms with E-state index in [1.54, 1.807) is 0 Å². The molecule has 0 saturated carbocycles. The number of benzene rings is 3. The summed E-state index contributed by atoms with van der Waals surface area (Å²) < 4.78 is 0. The largest absolute Gasteiger partial charge is 0.385 e. The van der Waals surface area contributed by atoms with E-state index >= 15 is 0 Å². The summed E-state index contributed by atoms with van der Waals surface area (Å²) in [5, 5.41) is 23.0. The van der Waals surface area contributed by atoms with Crippen molar-refractivity contribution >= 4 is 10.8 Å². The molecular formula is C18H14O2. The first-order valence-electron chi connectivity index (χ1n) is 6.74. The Morgan fingerprint density at radius 3 is 2.30 bits per heavy atom. The molecule has 2 atom stereocenters. The van der Waals surface area contributed by atoms with Gasteiger partial charge in [-0.3, -0.25) is 0 Å². The molecular weight excluding hydrogens is 248 g/mol. The third-order valence-electron chi connectivity index (χ3n) is 4.14. The molecule has 1 aliphatic carbocycles. The van der Waals surface area contributed by atoms with Crippen LogP contribution in [-0.4, -0.2) is 10.2 Å². The molecule has 0 radical (unpaired) electrons. The van der Waals surface area contributed by atoms with E-state index in [0.29, 0.717) is 0 Å². The summed E-state index contributed by atoms with van der Waals surface area (Å²) in [6.07, 6.45) is -1.75. The maximum atomic E-state index is 10.5. The van der Waals surface area contributed by atoms with Crippen LogP contribution in [0.2, 0.25) is 0 Å².